The minimum absolute atomic E-state index is 0.0238. The fraction of sp³-hybridized carbons (Fsp3) is 0.143. The molecule has 0 amide bonds. The van der Waals surface area contributed by atoms with Crippen LogP contribution in [0.3, 0.4) is 0 Å². The number of aldehydes is 1. The highest BCUT2D eigenvalue weighted by molar-refractivity contribution is 5.91. The normalized spacial score (nSPS) is 10.6. The van der Waals surface area contributed by atoms with E-state index in [2.05, 4.69) is 11.7 Å². The zero-order valence-electron chi connectivity index (χ0n) is 10.9. The third-order valence-corrected chi connectivity index (χ3v) is 2.75. The summed E-state index contributed by atoms with van der Waals surface area (Å²) in [7, 11) is 0. The van der Waals surface area contributed by atoms with Crippen LogP contribution in [0.2, 0.25) is 0 Å². The Bertz CT molecular complexity index is 692. The first-order valence-corrected chi connectivity index (χ1v) is 5.85. The zero-order valence-corrected chi connectivity index (χ0v) is 10.9. The first-order valence-electron chi connectivity index (χ1n) is 5.85. The Labute approximate surface area is 114 Å². The number of hydrogen-bond acceptors (Lipinski definition) is 3. The summed E-state index contributed by atoms with van der Waals surface area (Å²) in [4.78, 5) is 11.1. The van der Waals surface area contributed by atoms with E-state index >= 15 is 0 Å². The summed E-state index contributed by atoms with van der Waals surface area (Å²) in [5.74, 6) is -1.19. The molecule has 1 aromatic heterocycles. The molecule has 0 aliphatic carbocycles. The van der Waals surface area contributed by atoms with Crippen LogP contribution in [0, 0.1) is 11.6 Å². The van der Waals surface area contributed by atoms with Crippen molar-refractivity contribution in [2.75, 3.05) is 5.73 Å². The summed E-state index contributed by atoms with van der Waals surface area (Å²) in [5.41, 5.74) is 6.53. The molecule has 0 unspecified atom stereocenters. The number of carbonyl (C=O) groups excluding carboxylic acids is 1. The minimum Gasteiger partial charge on any atom is -0.383 e. The van der Waals surface area contributed by atoms with Gasteiger partial charge in [-0.15, -0.1) is 0 Å². The Morgan fingerprint density at radius 1 is 1.50 bits per heavy atom. The standard InChI is InChI=1S/C14H13F2N3O/c1-8(2)6-19-14(17)11(7-20)13(18-19)10-5-9(15)3-4-12(10)16/h3-5,7H,1,6,17H2,2H3. The SMILES string of the molecule is C=C(C)Cn1nc(-c2cc(F)ccc2F)c(C=O)c1N. The van der Waals surface area contributed by atoms with Crippen LogP contribution in [-0.4, -0.2) is 16.1 Å². The molecule has 0 fully saturated rings. The molecule has 1 aromatic carbocycles. The number of hydrogen-bond donors (Lipinski definition) is 1. The average Bonchev–Trinajstić information content (AvgIpc) is 2.68. The van der Waals surface area contributed by atoms with E-state index < -0.39 is 11.6 Å². The molecule has 2 rings (SSSR count). The van der Waals surface area contributed by atoms with Crippen molar-refractivity contribution in [1.82, 2.24) is 9.78 Å². The Hall–Kier alpha value is -2.50. The number of nitrogens with two attached hydrogens (primary N) is 1. The lowest BCUT2D eigenvalue weighted by molar-refractivity contribution is 0.112. The van der Waals surface area contributed by atoms with Gasteiger partial charge in [0, 0.05) is 5.56 Å². The largest absolute Gasteiger partial charge is 0.383 e. The van der Waals surface area contributed by atoms with Crippen LogP contribution in [0.15, 0.2) is 30.4 Å². The molecule has 6 heteroatoms. The van der Waals surface area contributed by atoms with Gasteiger partial charge in [-0.2, -0.15) is 5.10 Å². The molecule has 0 atom stereocenters. The number of allylic oxidation sites excluding steroid dienone is 1. The Morgan fingerprint density at radius 3 is 2.80 bits per heavy atom. The monoisotopic (exact) mass is 277 g/mol. The summed E-state index contributed by atoms with van der Waals surface area (Å²) in [6.45, 7) is 5.79. The van der Waals surface area contributed by atoms with Crippen molar-refractivity contribution in [2.24, 2.45) is 0 Å². The first kappa shape index (κ1) is 13.9. The fourth-order valence-corrected chi connectivity index (χ4v) is 1.86. The van der Waals surface area contributed by atoms with Crippen LogP contribution >= 0.6 is 0 Å². The van der Waals surface area contributed by atoms with E-state index in [9.17, 15) is 13.6 Å². The second-order valence-electron chi connectivity index (χ2n) is 4.50. The molecule has 0 bridgehead atoms. The molecule has 1 heterocycles. The van der Waals surface area contributed by atoms with Crippen molar-refractivity contribution in [1.29, 1.82) is 0 Å². The number of rotatable bonds is 4. The average molecular weight is 277 g/mol. The van der Waals surface area contributed by atoms with Gasteiger partial charge in [-0.05, 0) is 25.1 Å². The summed E-state index contributed by atoms with van der Waals surface area (Å²) < 4.78 is 28.4. The van der Waals surface area contributed by atoms with E-state index in [1.54, 1.807) is 6.92 Å². The van der Waals surface area contributed by atoms with E-state index in [0.29, 0.717) is 12.8 Å². The maximum Gasteiger partial charge on any atom is 0.156 e. The first-order chi connectivity index (χ1) is 9.43. The summed E-state index contributed by atoms with van der Waals surface area (Å²) in [6.07, 6.45) is 0.483. The third-order valence-electron chi connectivity index (χ3n) is 2.75. The molecule has 0 aliphatic heterocycles. The predicted molar refractivity (Wildman–Crippen MR) is 72.2 cm³/mol. The smallest absolute Gasteiger partial charge is 0.156 e. The molecule has 0 spiro atoms. The molecule has 4 nitrogen and oxygen atoms in total. The highest BCUT2D eigenvalue weighted by Gasteiger charge is 2.19. The van der Waals surface area contributed by atoms with Gasteiger partial charge in [0.05, 0.1) is 12.1 Å². The molecule has 0 saturated heterocycles. The zero-order chi connectivity index (χ0) is 14.9. The Morgan fingerprint density at radius 2 is 2.20 bits per heavy atom. The third kappa shape index (κ3) is 2.45. The van der Waals surface area contributed by atoms with Crippen LogP contribution in [0.25, 0.3) is 11.3 Å². The lowest BCUT2D eigenvalue weighted by Gasteiger charge is -2.02. The van der Waals surface area contributed by atoms with Gasteiger partial charge >= 0.3 is 0 Å². The van der Waals surface area contributed by atoms with Crippen LogP contribution in [-0.2, 0) is 6.54 Å². The lowest BCUT2D eigenvalue weighted by Crippen LogP contribution is -2.05. The number of aromatic nitrogens is 2. The second-order valence-corrected chi connectivity index (χ2v) is 4.50. The van der Waals surface area contributed by atoms with E-state index in [-0.39, 0.29) is 22.6 Å². The molecule has 20 heavy (non-hydrogen) atoms. The number of anilines is 1. The highest BCUT2D eigenvalue weighted by atomic mass is 19.1. The lowest BCUT2D eigenvalue weighted by atomic mass is 10.1. The van der Waals surface area contributed by atoms with E-state index in [4.69, 9.17) is 5.73 Å². The summed E-state index contributed by atoms with van der Waals surface area (Å²) in [5, 5.41) is 4.09. The van der Waals surface area contributed by atoms with Crippen LogP contribution in [0.1, 0.15) is 17.3 Å². The van der Waals surface area contributed by atoms with E-state index in [1.807, 2.05) is 0 Å². The molecular weight excluding hydrogens is 264 g/mol. The van der Waals surface area contributed by atoms with E-state index in [1.165, 1.54) is 4.68 Å². The highest BCUT2D eigenvalue weighted by Crippen LogP contribution is 2.28. The van der Waals surface area contributed by atoms with Crippen LogP contribution in [0.5, 0.6) is 0 Å². The van der Waals surface area contributed by atoms with Crippen molar-refractivity contribution >= 4 is 12.1 Å². The summed E-state index contributed by atoms with van der Waals surface area (Å²) in [6, 6.07) is 2.95. The van der Waals surface area contributed by atoms with Gasteiger partial charge in [0.2, 0.25) is 0 Å². The topological polar surface area (TPSA) is 60.9 Å². The Balaban J connectivity index is 2.64. The van der Waals surface area contributed by atoms with Crippen molar-refractivity contribution in [3.8, 4) is 11.3 Å². The maximum absolute atomic E-state index is 13.8. The Kier molecular flexibility index (Phi) is 3.65. The number of carbonyl (C=O) groups is 1. The van der Waals surface area contributed by atoms with Crippen molar-refractivity contribution in [3.63, 3.8) is 0 Å². The molecule has 0 aliphatic rings. The van der Waals surface area contributed by atoms with Crippen molar-refractivity contribution < 1.29 is 13.6 Å². The molecule has 2 N–H and O–H groups in total. The number of nitrogens with zero attached hydrogens (tertiary/aromatic N) is 2. The molecule has 0 saturated carbocycles. The van der Waals surface area contributed by atoms with Gasteiger partial charge in [-0.3, -0.25) is 4.79 Å². The number of halogens is 2. The van der Waals surface area contributed by atoms with Gasteiger partial charge in [0.25, 0.3) is 0 Å². The molecule has 104 valence electrons. The van der Waals surface area contributed by atoms with Gasteiger partial charge in [0.15, 0.2) is 6.29 Å². The number of nitrogen functional groups attached to an aromatic ring is 1. The maximum atomic E-state index is 13.8. The second kappa shape index (κ2) is 5.24. The molecule has 2 aromatic rings. The van der Waals surface area contributed by atoms with Crippen LogP contribution < -0.4 is 5.73 Å². The fourth-order valence-electron chi connectivity index (χ4n) is 1.86. The predicted octanol–water partition coefficient (Wildman–Crippen LogP) is 2.80. The van der Waals surface area contributed by atoms with Gasteiger partial charge in [-0.25, -0.2) is 13.5 Å². The van der Waals surface area contributed by atoms with Crippen molar-refractivity contribution in [2.45, 2.75) is 13.5 Å². The van der Waals surface area contributed by atoms with Crippen molar-refractivity contribution in [3.05, 3.63) is 47.5 Å². The molecular formula is C14H13F2N3O. The number of benzene rings is 1. The van der Waals surface area contributed by atoms with Gasteiger partial charge in [0.1, 0.15) is 23.1 Å². The summed E-state index contributed by atoms with van der Waals surface area (Å²) >= 11 is 0. The van der Waals surface area contributed by atoms with Gasteiger partial charge in [-0.1, -0.05) is 12.2 Å². The van der Waals surface area contributed by atoms with Gasteiger partial charge < -0.3 is 5.73 Å². The minimum atomic E-state index is -0.672. The van der Waals surface area contributed by atoms with E-state index in [0.717, 1.165) is 23.8 Å². The molecule has 0 radical (unpaired) electrons. The van der Waals surface area contributed by atoms with Crippen LogP contribution in [0.4, 0.5) is 14.6 Å². The quantitative estimate of drug-likeness (QED) is 0.690.